The molecule has 170 valence electrons. The molecule has 1 amide bonds. The number of amides is 1. The molecule has 7 nitrogen and oxygen atoms in total. The highest BCUT2D eigenvalue weighted by atomic mass is 32.1. The lowest BCUT2D eigenvalue weighted by Gasteiger charge is -2.29. The van der Waals surface area contributed by atoms with Gasteiger partial charge < -0.3 is 9.64 Å². The fourth-order valence-corrected chi connectivity index (χ4v) is 6.80. The Hall–Kier alpha value is -2.84. The Bertz CT molecular complexity index is 1270. The van der Waals surface area contributed by atoms with Crippen LogP contribution in [0.4, 0.5) is 0 Å². The molecular formula is C25H27N5O2S. The van der Waals surface area contributed by atoms with Crippen LogP contribution in [0, 0.1) is 12.8 Å². The summed E-state index contributed by atoms with van der Waals surface area (Å²) in [6.07, 6.45) is 2.50. The molecule has 1 saturated heterocycles. The van der Waals surface area contributed by atoms with Crippen molar-refractivity contribution in [3.8, 4) is 5.00 Å². The van der Waals surface area contributed by atoms with Gasteiger partial charge in [-0.2, -0.15) is 0 Å². The van der Waals surface area contributed by atoms with Crippen molar-refractivity contribution in [2.45, 2.75) is 39.7 Å². The molecule has 4 heterocycles. The van der Waals surface area contributed by atoms with E-state index in [0.717, 1.165) is 41.6 Å². The maximum Gasteiger partial charge on any atom is 0.226 e. The van der Waals surface area contributed by atoms with Crippen LogP contribution in [-0.4, -0.2) is 57.6 Å². The first-order valence-corrected chi connectivity index (χ1v) is 12.5. The van der Waals surface area contributed by atoms with Gasteiger partial charge in [-0.3, -0.25) is 14.4 Å². The Labute approximate surface area is 197 Å². The van der Waals surface area contributed by atoms with E-state index in [9.17, 15) is 4.79 Å². The molecule has 0 N–H and O–H groups in total. The maximum absolute atomic E-state index is 13.3. The van der Waals surface area contributed by atoms with Crippen molar-refractivity contribution in [1.29, 1.82) is 0 Å². The standard InChI is InChI=1S/C25H27N5O2S/c1-3-16-6-4-5-7-18(16)23-22-19-12-17(24(31)29-8-10-32-11-9-29)13-20(19)33-25(22)30-15(2)27-28-21(30)14-26-23/h4-7,17H,3,8-14H2,1-2H3. The van der Waals surface area contributed by atoms with Crippen molar-refractivity contribution in [1.82, 2.24) is 19.7 Å². The van der Waals surface area contributed by atoms with Gasteiger partial charge in [-0.25, -0.2) is 0 Å². The highest BCUT2D eigenvalue weighted by Crippen LogP contribution is 2.43. The van der Waals surface area contributed by atoms with Crippen molar-refractivity contribution >= 4 is 23.0 Å². The number of morpholine rings is 1. The predicted molar refractivity (Wildman–Crippen MR) is 127 cm³/mol. The molecule has 1 fully saturated rings. The molecule has 3 aromatic rings. The molecule has 2 aliphatic heterocycles. The fourth-order valence-electron chi connectivity index (χ4n) is 5.32. The van der Waals surface area contributed by atoms with Crippen molar-refractivity contribution < 1.29 is 9.53 Å². The number of carbonyl (C=O) groups excluding carboxylic acids is 1. The Balaban J connectivity index is 1.46. The number of rotatable bonds is 3. The van der Waals surface area contributed by atoms with Gasteiger partial charge in [0.15, 0.2) is 5.82 Å². The van der Waals surface area contributed by atoms with Gasteiger partial charge in [-0.1, -0.05) is 31.2 Å². The van der Waals surface area contributed by atoms with E-state index in [2.05, 4.69) is 46.0 Å². The lowest BCUT2D eigenvalue weighted by Crippen LogP contribution is -2.44. The van der Waals surface area contributed by atoms with Crippen LogP contribution in [0.1, 0.15) is 45.7 Å². The number of aliphatic imine (C=N–C) groups is 1. The summed E-state index contributed by atoms with van der Waals surface area (Å²) in [6.45, 7) is 7.35. The molecule has 0 bridgehead atoms. The predicted octanol–water partition coefficient (Wildman–Crippen LogP) is 3.12. The number of aromatic nitrogens is 3. The highest BCUT2D eigenvalue weighted by molar-refractivity contribution is 7.15. The second-order valence-corrected chi connectivity index (χ2v) is 9.98. The van der Waals surface area contributed by atoms with E-state index < -0.39 is 0 Å². The SMILES string of the molecule is CCc1ccccc1C1=NCc2nnc(C)n2-c2sc3c(c21)CC(C(=O)N1CCOCC1)C3. The van der Waals surface area contributed by atoms with Crippen LogP contribution >= 0.6 is 11.3 Å². The monoisotopic (exact) mass is 461 g/mol. The molecular weight excluding hydrogens is 434 g/mol. The average molecular weight is 462 g/mol. The van der Waals surface area contributed by atoms with E-state index in [4.69, 9.17) is 9.73 Å². The molecule has 8 heteroatoms. The second kappa shape index (κ2) is 8.18. The average Bonchev–Trinajstić information content (AvgIpc) is 3.49. The number of aryl methyl sites for hydroxylation is 2. The Morgan fingerprint density at radius 3 is 2.82 bits per heavy atom. The first-order chi connectivity index (χ1) is 16.2. The van der Waals surface area contributed by atoms with Gasteiger partial charge in [0.05, 0.1) is 18.9 Å². The third-order valence-electron chi connectivity index (χ3n) is 6.99. The topological polar surface area (TPSA) is 72.6 Å². The van der Waals surface area contributed by atoms with Gasteiger partial charge in [0.1, 0.15) is 17.4 Å². The van der Waals surface area contributed by atoms with E-state index in [1.54, 1.807) is 11.3 Å². The zero-order valence-corrected chi connectivity index (χ0v) is 19.8. The molecule has 6 rings (SSSR count). The van der Waals surface area contributed by atoms with Crippen LogP contribution in [0.25, 0.3) is 5.00 Å². The quantitative estimate of drug-likeness (QED) is 0.601. The number of carbonyl (C=O) groups is 1. The molecule has 1 aromatic carbocycles. The summed E-state index contributed by atoms with van der Waals surface area (Å²) < 4.78 is 7.62. The lowest BCUT2D eigenvalue weighted by molar-refractivity contribution is -0.139. The molecule has 1 aliphatic carbocycles. The van der Waals surface area contributed by atoms with Crippen LogP contribution in [-0.2, 0) is 35.3 Å². The van der Waals surface area contributed by atoms with E-state index >= 15 is 0 Å². The van der Waals surface area contributed by atoms with E-state index in [1.165, 1.54) is 27.1 Å². The van der Waals surface area contributed by atoms with Gasteiger partial charge >= 0.3 is 0 Å². The van der Waals surface area contributed by atoms with Crippen LogP contribution in [0.3, 0.4) is 0 Å². The van der Waals surface area contributed by atoms with Gasteiger partial charge in [0.2, 0.25) is 5.91 Å². The summed E-state index contributed by atoms with van der Waals surface area (Å²) in [5.74, 6) is 2.02. The molecule has 1 atom stereocenters. The maximum atomic E-state index is 13.3. The minimum atomic E-state index is 0.00190. The van der Waals surface area contributed by atoms with Gasteiger partial charge in [-0.15, -0.1) is 21.5 Å². The molecule has 2 aromatic heterocycles. The molecule has 0 saturated carbocycles. The Morgan fingerprint density at radius 2 is 2.00 bits per heavy atom. The van der Waals surface area contributed by atoms with Crippen molar-refractivity contribution in [2.24, 2.45) is 10.9 Å². The summed E-state index contributed by atoms with van der Waals surface area (Å²) >= 11 is 1.79. The summed E-state index contributed by atoms with van der Waals surface area (Å²) in [5, 5.41) is 9.90. The normalized spacial score (nSPS) is 19.5. The number of thiophene rings is 1. The summed E-state index contributed by atoms with van der Waals surface area (Å²) in [7, 11) is 0. The first-order valence-electron chi connectivity index (χ1n) is 11.7. The van der Waals surface area contributed by atoms with Gasteiger partial charge in [-0.05, 0) is 37.3 Å². The molecule has 0 spiro atoms. The summed E-state index contributed by atoms with van der Waals surface area (Å²) in [6, 6.07) is 8.54. The number of ether oxygens (including phenoxy) is 1. The van der Waals surface area contributed by atoms with Crippen LogP contribution in [0.5, 0.6) is 0 Å². The second-order valence-electron chi connectivity index (χ2n) is 8.90. The minimum absolute atomic E-state index is 0.00190. The minimum Gasteiger partial charge on any atom is -0.378 e. The number of nitrogens with zero attached hydrogens (tertiary/aromatic N) is 5. The molecule has 33 heavy (non-hydrogen) atoms. The number of fused-ring (bicyclic) bond motifs is 5. The van der Waals surface area contributed by atoms with Gasteiger partial charge in [0, 0.05) is 35.0 Å². The number of hydrogen-bond donors (Lipinski definition) is 0. The van der Waals surface area contributed by atoms with Crippen LogP contribution < -0.4 is 0 Å². The van der Waals surface area contributed by atoms with E-state index in [-0.39, 0.29) is 11.8 Å². The highest BCUT2D eigenvalue weighted by Gasteiger charge is 2.38. The Kier molecular flexibility index (Phi) is 5.14. The number of hydrogen-bond acceptors (Lipinski definition) is 6. The summed E-state index contributed by atoms with van der Waals surface area (Å²) in [4.78, 5) is 21.7. The van der Waals surface area contributed by atoms with Crippen LogP contribution in [0.2, 0.25) is 0 Å². The molecule has 1 unspecified atom stereocenters. The molecule has 3 aliphatic rings. The zero-order chi connectivity index (χ0) is 22.5. The van der Waals surface area contributed by atoms with Gasteiger partial charge in [0.25, 0.3) is 0 Å². The smallest absolute Gasteiger partial charge is 0.226 e. The molecule has 0 radical (unpaired) electrons. The number of benzene rings is 1. The lowest BCUT2D eigenvalue weighted by atomic mass is 9.93. The zero-order valence-electron chi connectivity index (χ0n) is 19.0. The van der Waals surface area contributed by atoms with E-state index in [0.29, 0.717) is 32.8 Å². The van der Waals surface area contributed by atoms with Crippen LogP contribution in [0.15, 0.2) is 29.3 Å². The Morgan fingerprint density at radius 1 is 1.18 bits per heavy atom. The fraction of sp³-hybridized carbons (Fsp3) is 0.440. The largest absolute Gasteiger partial charge is 0.378 e. The van der Waals surface area contributed by atoms with E-state index in [1.807, 2.05) is 11.8 Å². The van der Waals surface area contributed by atoms with Crippen molar-refractivity contribution in [3.63, 3.8) is 0 Å². The third-order valence-corrected chi connectivity index (χ3v) is 8.23. The van der Waals surface area contributed by atoms with Crippen molar-refractivity contribution in [3.05, 3.63) is 63.0 Å². The first kappa shape index (κ1) is 20.7. The third kappa shape index (κ3) is 3.35. The van der Waals surface area contributed by atoms with Crippen molar-refractivity contribution in [2.75, 3.05) is 26.3 Å². The summed E-state index contributed by atoms with van der Waals surface area (Å²) in [5.41, 5.74) is 5.96.